The highest BCUT2D eigenvalue weighted by Crippen LogP contribution is 2.02. The Labute approximate surface area is 110 Å². The first-order valence-corrected chi connectivity index (χ1v) is 6.05. The maximum atomic E-state index is 11.7. The summed E-state index contributed by atoms with van der Waals surface area (Å²) in [6, 6.07) is 1.14. The number of hydrogen-bond acceptors (Lipinski definition) is 4. The van der Waals surface area contributed by atoms with Gasteiger partial charge in [-0.05, 0) is 12.5 Å². The van der Waals surface area contributed by atoms with Gasteiger partial charge in [-0.2, -0.15) is 0 Å². The second-order valence-corrected chi connectivity index (χ2v) is 4.18. The van der Waals surface area contributed by atoms with Gasteiger partial charge in [-0.3, -0.25) is 14.2 Å². The van der Waals surface area contributed by atoms with Crippen LogP contribution in [0.4, 0.5) is 0 Å². The molecular formula is C12H17N3O4. The van der Waals surface area contributed by atoms with Gasteiger partial charge in [-0.25, -0.2) is 9.78 Å². The van der Waals surface area contributed by atoms with Crippen molar-refractivity contribution in [1.82, 2.24) is 14.9 Å². The average molecular weight is 267 g/mol. The fraction of sp³-hybridized carbons (Fsp3) is 0.500. The molecule has 2 N–H and O–H groups in total. The van der Waals surface area contributed by atoms with Crippen LogP contribution in [0.2, 0.25) is 0 Å². The number of hydrogen-bond donors (Lipinski definition) is 2. The number of aromatic nitrogens is 2. The molecule has 0 radical (unpaired) electrons. The summed E-state index contributed by atoms with van der Waals surface area (Å²) in [7, 11) is 0. The maximum Gasteiger partial charge on any atom is 0.347 e. The van der Waals surface area contributed by atoms with Crippen molar-refractivity contribution in [3.63, 3.8) is 0 Å². The van der Waals surface area contributed by atoms with Gasteiger partial charge in [0.15, 0.2) is 0 Å². The van der Waals surface area contributed by atoms with E-state index in [-0.39, 0.29) is 13.0 Å². The van der Waals surface area contributed by atoms with Gasteiger partial charge in [0.05, 0.1) is 6.42 Å². The van der Waals surface area contributed by atoms with Crippen LogP contribution in [-0.4, -0.2) is 32.6 Å². The quantitative estimate of drug-likeness (QED) is 0.724. The van der Waals surface area contributed by atoms with Gasteiger partial charge in [0.2, 0.25) is 5.91 Å². The average Bonchev–Trinajstić information content (AvgIpc) is 2.31. The van der Waals surface area contributed by atoms with Crippen LogP contribution < -0.4 is 11.0 Å². The normalized spacial score (nSPS) is 11.8. The molecule has 0 spiro atoms. The van der Waals surface area contributed by atoms with Crippen molar-refractivity contribution in [2.45, 2.75) is 38.8 Å². The molecule has 1 rings (SSSR count). The van der Waals surface area contributed by atoms with Crippen LogP contribution in [0.1, 0.15) is 26.2 Å². The number of carboxylic acid groups (broad SMARTS) is 1. The van der Waals surface area contributed by atoms with Crippen LogP contribution in [-0.2, 0) is 16.1 Å². The van der Waals surface area contributed by atoms with E-state index in [2.05, 4.69) is 10.3 Å². The molecule has 0 bridgehead atoms. The van der Waals surface area contributed by atoms with Crippen molar-refractivity contribution in [3.05, 3.63) is 28.9 Å². The second kappa shape index (κ2) is 7.30. The Balaban J connectivity index is 2.60. The molecule has 0 aliphatic rings. The Kier molecular flexibility index (Phi) is 5.72. The molecule has 1 aromatic heterocycles. The maximum absolute atomic E-state index is 11.7. The standard InChI is InChI=1S/C12H17N3O4/c1-2-4-9(7-11(17)18)14-10(16)8-15-6-3-5-13-12(15)19/h3,5-6,9H,2,4,7-8H2,1H3,(H,14,16)(H,17,18). The Morgan fingerprint density at radius 1 is 1.53 bits per heavy atom. The lowest BCUT2D eigenvalue weighted by atomic mass is 10.1. The minimum Gasteiger partial charge on any atom is -0.481 e. The number of aliphatic carboxylic acids is 1. The Morgan fingerprint density at radius 3 is 2.84 bits per heavy atom. The Bertz CT molecular complexity index is 498. The van der Waals surface area contributed by atoms with Gasteiger partial charge in [0.1, 0.15) is 6.54 Å². The Morgan fingerprint density at radius 2 is 2.26 bits per heavy atom. The summed E-state index contributed by atoms with van der Waals surface area (Å²) >= 11 is 0. The predicted octanol–water partition coefficient (Wildman–Crippen LogP) is 0.00290. The number of carbonyl (C=O) groups excluding carboxylic acids is 1. The van der Waals surface area contributed by atoms with E-state index in [1.54, 1.807) is 6.07 Å². The lowest BCUT2D eigenvalue weighted by Gasteiger charge is -2.16. The molecule has 0 aromatic carbocycles. The molecule has 7 nitrogen and oxygen atoms in total. The van der Waals surface area contributed by atoms with Gasteiger partial charge < -0.3 is 10.4 Å². The van der Waals surface area contributed by atoms with Crippen molar-refractivity contribution >= 4 is 11.9 Å². The van der Waals surface area contributed by atoms with Gasteiger partial charge >= 0.3 is 11.7 Å². The van der Waals surface area contributed by atoms with Gasteiger partial charge in [-0.1, -0.05) is 13.3 Å². The molecule has 1 aromatic rings. The van der Waals surface area contributed by atoms with Gasteiger partial charge in [0.25, 0.3) is 0 Å². The lowest BCUT2D eigenvalue weighted by Crippen LogP contribution is -2.40. The molecule has 0 fully saturated rings. The summed E-state index contributed by atoms with van der Waals surface area (Å²) in [5, 5.41) is 11.4. The predicted molar refractivity (Wildman–Crippen MR) is 67.6 cm³/mol. The van der Waals surface area contributed by atoms with Gasteiger partial charge in [0, 0.05) is 18.4 Å². The van der Waals surface area contributed by atoms with Crippen LogP contribution in [0.3, 0.4) is 0 Å². The van der Waals surface area contributed by atoms with E-state index < -0.39 is 23.6 Å². The number of carboxylic acids is 1. The fourth-order valence-electron chi connectivity index (χ4n) is 1.72. The number of nitrogens with one attached hydrogen (secondary N) is 1. The summed E-state index contributed by atoms with van der Waals surface area (Å²) in [6.07, 6.45) is 4.04. The summed E-state index contributed by atoms with van der Waals surface area (Å²) in [6.45, 7) is 1.75. The van der Waals surface area contributed by atoms with Crippen molar-refractivity contribution in [3.8, 4) is 0 Å². The third-order valence-electron chi connectivity index (χ3n) is 2.52. The molecule has 0 aliphatic carbocycles. The number of nitrogens with zero attached hydrogens (tertiary/aromatic N) is 2. The van der Waals surface area contributed by atoms with Crippen molar-refractivity contribution < 1.29 is 14.7 Å². The van der Waals surface area contributed by atoms with Crippen LogP contribution >= 0.6 is 0 Å². The van der Waals surface area contributed by atoms with Crippen LogP contribution in [0, 0.1) is 0 Å². The molecule has 19 heavy (non-hydrogen) atoms. The zero-order valence-corrected chi connectivity index (χ0v) is 10.7. The van der Waals surface area contributed by atoms with E-state index in [0.29, 0.717) is 6.42 Å². The molecule has 0 saturated heterocycles. The van der Waals surface area contributed by atoms with Crippen LogP contribution in [0.5, 0.6) is 0 Å². The highest BCUT2D eigenvalue weighted by Gasteiger charge is 2.15. The zero-order valence-electron chi connectivity index (χ0n) is 10.7. The molecule has 7 heteroatoms. The molecule has 0 aliphatic heterocycles. The molecule has 1 unspecified atom stereocenters. The van der Waals surface area contributed by atoms with E-state index in [9.17, 15) is 14.4 Å². The largest absolute Gasteiger partial charge is 0.481 e. The van der Waals surface area contributed by atoms with Crippen molar-refractivity contribution in [2.24, 2.45) is 0 Å². The van der Waals surface area contributed by atoms with E-state index in [4.69, 9.17) is 5.11 Å². The summed E-state index contributed by atoms with van der Waals surface area (Å²) < 4.78 is 1.17. The highest BCUT2D eigenvalue weighted by molar-refractivity contribution is 5.77. The SMILES string of the molecule is CCCC(CC(=O)O)NC(=O)Cn1cccnc1=O. The molecular weight excluding hydrogens is 250 g/mol. The van der Waals surface area contributed by atoms with Crippen LogP contribution in [0.25, 0.3) is 0 Å². The summed E-state index contributed by atoms with van der Waals surface area (Å²) in [5.41, 5.74) is -0.511. The summed E-state index contributed by atoms with van der Waals surface area (Å²) in [5.74, 6) is -1.35. The Hall–Kier alpha value is -2.18. The first kappa shape index (κ1) is 14.9. The highest BCUT2D eigenvalue weighted by atomic mass is 16.4. The van der Waals surface area contributed by atoms with E-state index >= 15 is 0 Å². The van der Waals surface area contributed by atoms with Crippen LogP contribution in [0.15, 0.2) is 23.3 Å². The molecule has 1 atom stereocenters. The first-order chi connectivity index (χ1) is 9.02. The van der Waals surface area contributed by atoms with E-state index in [1.165, 1.54) is 17.0 Å². The smallest absolute Gasteiger partial charge is 0.347 e. The number of amides is 1. The minimum absolute atomic E-state index is 0.123. The van der Waals surface area contributed by atoms with Crippen molar-refractivity contribution in [1.29, 1.82) is 0 Å². The lowest BCUT2D eigenvalue weighted by molar-refractivity contribution is -0.137. The third-order valence-corrected chi connectivity index (χ3v) is 2.52. The van der Waals surface area contributed by atoms with Crippen molar-refractivity contribution in [2.75, 3.05) is 0 Å². The fourth-order valence-corrected chi connectivity index (χ4v) is 1.72. The molecule has 1 amide bonds. The minimum atomic E-state index is -0.961. The van der Waals surface area contributed by atoms with E-state index in [0.717, 1.165) is 6.42 Å². The first-order valence-electron chi connectivity index (χ1n) is 6.05. The topological polar surface area (TPSA) is 101 Å². The monoisotopic (exact) mass is 267 g/mol. The molecule has 0 saturated carbocycles. The zero-order chi connectivity index (χ0) is 14.3. The number of rotatable bonds is 7. The molecule has 104 valence electrons. The molecule has 1 heterocycles. The van der Waals surface area contributed by atoms with Gasteiger partial charge in [-0.15, -0.1) is 0 Å². The van der Waals surface area contributed by atoms with E-state index in [1.807, 2.05) is 6.92 Å². The summed E-state index contributed by atoms with van der Waals surface area (Å²) in [4.78, 5) is 37.3. The second-order valence-electron chi connectivity index (χ2n) is 4.18. The number of carbonyl (C=O) groups is 2. The third kappa shape index (κ3) is 5.33.